The maximum Gasteiger partial charge on any atom is 0.398 e. The van der Waals surface area contributed by atoms with Crippen molar-refractivity contribution in [2.45, 2.75) is 25.1 Å². The first-order valence-corrected chi connectivity index (χ1v) is 4.22. The van der Waals surface area contributed by atoms with Crippen molar-refractivity contribution in [3.05, 3.63) is 35.9 Å². The molecule has 0 saturated carbocycles. The number of hydrogen-bond donors (Lipinski definition) is 1. The topological polar surface area (TPSA) is 20.2 Å². The second-order valence-corrected chi connectivity index (χ2v) is 3.17. The summed E-state index contributed by atoms with van der Waals surface area (Å²) in [6.45, 7) is 1.14. The molecule has 1 aromatic carbocycles. The van der Waals surface area contributed by atoms with E-state index in [0.717, 1.165) is 6.92 Å². The van der Waals surface area contributed by atoms with Crippen LogP contribution in [-0.4, -0.2) is 17.4 Å². The Bertz CT molecular complexity index is 279. The molecule has 0 unspecified atom stereocenters. The van der Waals surface area contributed by atoms with Crippen LogP contribution in [0.2, 0.25) is 0 Å². The second kappa shape index (κ2) is 4.00. The van der Waals surface area contributed by atoms with Crippen LogP contribution >= 0.6 is 0 Å². The van der Waals surface area contributed by atoms with Gasteiger partial charge in [-0.25, -0.2) is 0 Å². The first-order valence-electron chi connectivity index (χ1n) is 4.22. The molecule has 4 heteroatoms. The van der Waals surface area contributed by atoms with Crippen molar-refractivity contribution >= 4 is 0 Å². The van der Waals surface area contributed by atoms with Gasteiger partial charge < -0.3 is 5.11 Å². The second-order valence-electron chi connectivity index (χ2n) is 3.17. The fraction of sp³-hybridized carbons (Fsp3) is 0.400. The van der Waals surface area contributed by atoms with Gasteiger partial charge in [0.15, 0.2) is 0 Å². The van der Waals surface area contributed by atoms with Gasteiger partial charge in [0.1, 0.15) is 5.92 Å². The van der Waals surface area contributed by atoms with Gasteiger partial charge in [0.2, 0.25) is 0 Å². The quantitative estimate of drug-likeness (QED) is 0.785. The number of halogens is 3. The van der Waals surface area contributed by atoms with E-state index in [2.05, 4.69) is 0 Å². The molecule has 0 bridgehead atoms. The molecule has 1 nitrogen and oxygen atoms in total. The molecule has 1 rings (SSSR count). The van der Waals surface area contributed by atoms with Crippen molar-refractivity contribution in [1.29, 1.82) is 0 Å². The number of alkyl halides is 3. The highest BCUT2D eigenvalue weighted by Crippen LogP contribution is 2.37. The molecule has 0 aliphatic rings. The fourth-order valence-corrected chi connectivity index (χ4v) is 1.40. The van der Waals surface area contributed by atoms with Gasteiger partial charge in [-0.2, -0.15) is 13.2 Å². The number of hydrogen-bond acceptors (Lipinski definition) is 1. The molecule has 0 saturated heterocycles. The zero-order valence-corrected chi connectivity index (χ0v) is 7.62. The monoisotopic (exact) mass is 204 g/mol. The van der Waals surface area contributed by atoms with Crippen molar-refractivity contribution in [3.8, 4) is 0 Å². The molecule has 0 spiro atoms. The molecule has 14 heavy (non-hydrogen) atoms. The smallest absolute Gasteiger partial charge is 0.392 e. The molecule has 0 heterocycles. The Balaban J connectivity index is 3.02. The van der Waals surface area contributed by atoms with E-state index in [4.69, 9.17) is 5.11 Å². The Labute approximate surface area is 80.2 Å². The number of rotatable bonds is 2. The molecule has 0 amide bonds. The Kier molecular flexibility index (Phi) is 3.16. The van der Waals surface area contributed by atoms with Crippen LogP contribution in [0.25, 0.3) is 0 Å². The Morgan fingerprint density at radius 3 is 2.00 bits per heavy atom. The highest BCUT2D eigenvalue weighted by molar-refractivity contribution is 5.22. The normalized spacial score (nSPS) is 16.4. The van der Waals surface area contributed by atoms with Crippen molar-refractivity contribution in [1.82, 2.24) is 0 Å². The summed E-state index contributed by atoms with van der Waals surface area (Å²) in [5.41, 5.74) is 0.0926. The van der Waals surface area contributed by atoms with E-state index < -0.39 is 18.2 Å². The molecule has 0 aliphatic heterocycles. The first kappa shape index (κ1) is 11.0. The molecule has 0 fully saturated rings. The summed E-state index contributed by atoms with van der Waals surface area (Å²) in [5, 5.41) is 9.08. The number of benzene rings is 1. The molecular formula is C10H11F3O. The molecule has 0 radical (unpaired) electrons. The summed E-state index contributed by atoms with van der Waals surface area (Å²) >= 11 is 0. The predicted octanol–water partition coefficient (Wildman–Crippen LogP) is 2.71. The first-order chi connectivity index (χ1) is 6.43. The van der Waals surface area contributed by atoms with Crippen LogP contribution in [0.3, 0.4) is 0 Å². The van der Waals surface area contributed by atoms with E-state index in [1.165, 1.54) is 24.3 Å². The fourth-order valence-electron chi connectivity index (χ4n) is 1.40. The van der Waals surface area contributed by atoms with E-state index >= 15 is 0 Å². The average Bonchev–Trinajstić information content (AvgIpc) is 2.02. The minimum Gasteiger partial charge on any atom is -0.392 e. The van der Waals surface area contributed by atoms with Gasteiger partial charge in [-0.05, 0) is 12.5 Å². The van der Waals surface area contributed by atoms with E-state index in [0.29, 0.717) is 0 Å². The minimum atomic E-state index is -4.41. The highest BCUT2D eigenvalue weighted by Gasteiger charge is 2.43. The molecule has 0 aromatic heterocycles. The largest absolute Gasteiger partial charge is 0.398 e. The molecule has 1 N–H and O–H groups in total. The van der Waals surface area contributed by atoms with E-state index in [9.17, 15) is 13.2 Å². The Morgan fingerprint density at radius 1 is 1.14 bits per heavy atom. The summed E-state index contributed by atoms with van der Waals surface area (Å²) < 4.78 is 37.5. The predicted molar refractivity (Wildman–Crippen MR) is 46.9 cm³/mol. The lowest BCUT2D eigenvalue weighted by Crippen LogP contribution is -2.29. The lowest BCUT2D eigenvalue weighted by Gasteiger charge is -2.23. The van der Waals surface area contributed by atoms with Crippen LogP contribution in [-0.2, 0) is 0 Å². The van der Waals surface area contributed by atoms with Crippen LogP contribution in [0.5, 0.6) is 0 Å². The van der Waals surface area contributed by atoms with Crippen molar-refractivity contribution in [3.63, 3.8) is 0 Å². The summed E-state index contributed by atoms with van der Waals surface area (Å²) in [7, 11) is 0. The standard InChI is InChI=1S/C10H11F3O/c1-7(14)9(10(11,12)13)8-5-3-2-4-6-8/h2-7,9,14H,1H3/t7-,9+/m1/s1. The van der Waals surface area contributed by atoms with E-state index in [1.807, 2.05) is 0 Å². The summed E-state index contributed by atoms with van der Waals surface area (Å²) in [6, 6.07) is 7.42. The number of aliphatic hydroxyl groups is 1. The minimum absolute atomic E-state index is 0.0926. The number of aliphatic hydroxyl groups excluding tert-OH is 1. The van der Waals surface area contributed by atoms with E-state index in [1.54, 1.807) is 6.07 Å². The van der Waals surface area contributed by atoms with Gasteiger partial charge in [-0.1, -0.05) is 30.3 Å². The van der Waals surface area contributed by atoms with Crippen LogP contribution in [0.15, 0.2) is 30.3 Å². The van der Waals surface area contributed by atoms with Gasteiger partial charge in [0.25, 0.3) is 0 Å². The molecule has 1 aromatic rings. The van der Waals surface area contributed by atoms with Crippen LogP contribution in [0.4, 0.5) is 13.2 Å². The third-order valence-corrected chi connectivity index (χ3v) is 1.99. The van der Waals surface area contributed by atoms with Gasteiger partial charge in [0, 0.05) is 0 Å². The highest BCUT2D eigenvalue weighted by atomic mass is 19.4. The molecule has 78 valence electrons. The lowest BCUT2D eigenvalue weighted by atomic mass is 9.94. The maximum atomic E-state index is 12.5. The molecule has 0 aliphatic carbocycles. The van der Waals surface area contributed by atoms with Gasteiger partial charge in [0.05, 0.1) is 6.10 Å². The third kappa shape index (κ3) is 2.48. The summed E-state index contributed by atoms with van der Waals surface area (Å²) in [5.74, 6) is -1.80. The Hall–Kier alpha value is -1.03. The molecular weight excluding hydrogens is 193 g/mol. The Morgan fingerprint density at radius 2 is 1.64 bits per heavy atom. The van der Waals surface area contributed by atoms with E-state index in [-0.39, 0.29) is 5.56 Å². The van der Waals surface area contributed by atoms with Crippen molar-refractivity contribution < 1.29 is 18.3 Å². The maximum absolute atomic E-state index is 12.5. The van der Waals surface area contributed by atoms with Gasteiger partial charge >= 0.3 is 6.18 Å². The zero-order chi connectivity index (χ0) is 10.8. The van der Waals surface area contributed by atoms with Crippen LogP contribution < -0.4 is 0 Å². The van der Waals surface area contributed by atoms with Gasteiger partial charge in [-0.3, -0.25) is 0 Å². The SMILES string of the molecule is C[C@@H](O)[C@@H](c1ccccc1)C(F)(F)F. The van der Waals surface area contributed by atoms with Crippen molar-refractivity contribution in [2.24, 2.45) is 0 Å². The van der Waals surface area contributed by atoms with Gasteiger partial charge in [-0.15, -0.1) is 0 Å². The summed E-state index contributed by atoms with van der Waals surface area (Å²) in [4.78, 5) is 0. The van der Waals surface area contributed by atoms with Crippen LogP contribution in [0.1, 0.15) is 18.4 Å². The lowest BCUT2D eigenvalue weighted by molar-refractivity contribution is -0.169. The van der Waals surface area contributed by atoms with Crippen molar-refractivity contribution in [2.75, 3.05) is 0 Å². The third-order valence-electron chi connectivity index (χ3n) is 1.99. The average molecular weight is 204 g/mol. The molecule has 2 atom stereocenters. The summed E-state index contributed by atoms with van der Waals surface area (Å²) in [6.07, 6.45) is -5.84. The van der Waals surface area contributed by atoms with Crippen LogP contribution in [0, 0.1) is 0 Å². The zero-order valence-electron chi connectivity index (χ0n) is 7.62.